The van der Waals surface area contributed by atoms with Crippen LogP contribution in [0.3, 0.4) is 0 Å². The highest BCUT2D eigenvalue weighted by molar-refractivity contribution is 4.63. The van der Waals surface area contributed by atoms with E-state index in [9.17, 15) is 0 Å². The first-order chi connectivity index (χ1) is 6.45. The average molecular weight is 202 g/mol. The van der Waals surface area contributed by atoms with E-state index in [1.165, 1.54) is 19.3 Å². The van der Waals surface area contributed by atoms with E-state index in [1.54, 1.807) is 0 Å². The Balaban J connectivity index is 3.48. The molecule has 0 heterocycles. The van der Waals surface area contributed by atoms with E-state index in [4.69, 9.17) is 10.2 Å². The Kier molecular flexibility index (Phi) is 7.20. The Hall–Kier alpha value is -0.0800. The molecule has 0 aromatic rings. The van der Waals surface area contributed by atoms with Crippen molar-refractivity contribution in [3.05, 3.63) is 0 Å². The molecule has 0 aliphatic heterocycles. The first-order valence-electron chi connectivity index (χ1n) is 5.81. The second-order valence-electron chi connectivity index (χ2n) is 4.93. The minimum Gasteiger partial charge on any atom is -0.368 e. The van der Waals surface area contributed by atoms with Gasteiger partial charge in [0.05, 0.1) is 0 Å². The van der Waals surface area contributed by atoms with E-state index in [0.29, 0.717) is 5.92 Å². The van der Waals surface area contributed by atoms with Crippen molar-refractivity contribution in [2.75, 3.05) is 0 Å². The van der Waals surface area contributed by atoms with Crippen molar-refractivity contribution in [1.82, 2.24) is 0 Å². The van der Waals surface area contributed by atoms with Crippen molar-refractivity contribution in [2.24, 2.45) is 17.8 Å². The highest BCUT2D eigenvalue weighted by Gasteiger charge is 2.17. The van der Waals surface area contributed by atoms with Crippen LogP contribution in [0, 0.1) is 17.8 Å². The van der Waals surface area contributed by atoms with Crippen molar-refractivity contribution in [3.8, 4) is 0 Å². The molecule has 0 radical (unpaired) electrons. The third-order valence-corrected chi connectivity index (χ3v) is 3.06. The van der Waals surface area contributed by atoms with Gasteiger partial charge in [-0.25, -0.2) is 0 Å². The number of rotatable bonds is 7. The molecule has 14 heavy (non-hydrogen) atoms. The van der Waals surface area contributed by atoms with Crippen molar-refractivity contribution < 1.29 is 10.2 Å². The molecule has 0 saturated carbocycles. The van der Waals surface area contributed by atoms with E-state index >= 15 is 0 Å². The summed E-state index contributed by atoms with van der Waals surface area (Å²) < 4.78 is 0. The fraction of sp³-hybridized carbons (Fsp3) is 1.00. The van der Waals surface area contributed by atoms with Crippen LogP contribution in [0.15, 0.2) is 0 Å². The fourth-order valence-electron chi connectivity index (χ4n) is 1.58. The lowest BCUT2D eigenvalue weighted by Crippen LogP contribution is -2.23. The highest BCUT2D eigenvalue weighted by Crippen LogP contribution is 2.21. The van der Waals surface area contributed by atoms with E-state index < -0.39 is 6.29 Å². The summed E-state index contributed by atoms with van der Waals surface area (Å²) >= 11 is 0. The fourth-order valence-corrected chi connectivity index (χ4v) is 1.58. The van der Waals surface area contributed by atoms with Crippen LogP contribution in [-0.2, 0) is 0 Å². The van der Waals surface area contributed by atoms with Crippen LogP contribution < -0.4 is 0 Å². The van der Waals surface area contributed by atoms with E-state index in [0.717, 1.165) is 12.3 Å². The van der Waals surface area contributed by atoms with E-state index in [1.807, 2.05) is 6.92 Å². The Labute approximate surface area is 88.3 Å². The Bertz CT molecular complexity index is 132. The number of aliphatic hydroxyl groups is 2. The largest absolute Gasteiger partial charge is 0.368 e. The van der Waals surface area contributed by atoms with Gasteiger partial charge in [-0.15, -0.1) is 0 Å². The predicted molar refractivity (Wildman–Crippen MR) is 59.9 cm³/mol. The molecule has 0 fully saturated rings. The van der Waals surface area contributed by atoms with Crippen LogP contribution in [-0.4, -0.2) is 16.5 Å². The van der Waals surface area contributed by atoms with Gasteiger partial charge < -0.3 is 10.2 Å². The summed E-state index contributed by atoms with van der Waals surface area (Å²) in [4.78, 5) is 0. The smallest absolute Gasteiger partial charge is 0.154 e. The normalized spacial score (nSPS) is 16.3. The van der Waals surface area contributed by atoms with Crippen LogP contribution in [0.2, 0.25) is 0 Å². The molecule has 0 aromatic heterocycles. The van der Waals surface area contributed by atoms with Gasteiger partial charge >= 0.3 is 0 Å². The standard InChI is InChI=1S/C12H26O2/c1-9(2)7-5-6-8-10(3)11(4)12(13)14/h9-14H,5-8H2,1-4H3. The van der Waals surface area contributed by atoms with Gasteiger partial charge in [-0.05, 0) is 11.8 Å². The summed E-state index contributed by atoms with van der Waals surface area (Å²) in [6, 6.07) is 0. The quantitative estimate of drug-likeness (QED) is 0.492. The van der Waals surface area contributed by atoms with Gasteiger partial charge in [-0.3, -0.25) is 0 Å². The minimum absolute atomic E-state index is 0.00551. The monoisotopic (exact) mass is 202 g/mol. The van der Waals surface area contributed by atoms with Gasteiger partial charge in [0.1, 0.15) is 0 Å². The van der Waals surface area contributed by atoms with Gasteiger partial charge in [-0.1, -0.05) is 53.4 Å². The van der Waals surface area contributed by atoms with Gasteiger partial charge in [0.2, 0.25) is 0 Å². The predicted octanol–water partition coefficient (Wildman–Crippen LogP) is 2.79. The second kappa shape index (κ2) is 7.24. The number of hydrogen-bond acceptors (Lipinski definition) is 2. The number of hydrogen-bond donors (Lipinski definition) is 2. The Morgan fingerprint density at radius 1 is 0.857 bits per heavy atom. The zero-order chi connectivity index (χ0) is 11.1. The summed E-state index contributed by atoms with van der Waals surface area (Å²) in [5.41, 5.74) is 0. The lowest BCUT2D eigenvalue weighted by Gasteiger charge is -2.21. The summed E-state index contributed by atoms with van der Waals surface area (Å²) in [6.07, 6.45) is 3.69. The maximum atomic E-state index is 8.99. The van der Waals surface area contributed by atoms with Crippen LogP contribution in [0.1, 0.15) is 53.4 Å². The molecule has 0 aliphatic rings. The Morgan fingerprint density at radius 2 is 1.36 bits per heavy atom. The maximum absolute atomic E-state index is 8.99. The third-order valence-electron chi connectivity index (χ3n) is 3.06. The van der Waals surface area contributed by atoms with Crippen molar-refractivity contribution in [3.63, 3.8) is 0 Å². The number of unbranched alkanes of at least 4 members (excludes halogenated alkanes) is 1. The molecule has 2 atom stereocenters. The summed E-state index contributed by atoms with van der Waals surface area (Å²) in [5, 5.41) is 18.0. The maximum Gasteiger partial charge on any atom is 0.154 e. The molecule has 0 bridgehead atoms. The van der Waals surface area contributed by atoms with Crippen LogP contribution >= 0.6 is 0 Å². The Morgan fingerprint density at radius 3 is 1.79 bits per heavy atom. The highest BCUT2D eigenvalue weighted by atomic mass is 16.5. The third kappa shape index (κ3) is 6.39. The lowest BCUT2D eigenvalue weighted by molar-refractivity contribution is -0.0933. The van der Waals surface area contributed by atoms with Gasteiger partial charge in [-0.2, -0.15) is 0 Å². The molecule has 0 aromatic carbocycles. The summed E-state index contributed by atoms with van der Waals surface area (Å²) in [6.45, 7) is 8.48. The average Bonchev–Trinajstić information content (AvgIpc) is 2.10. The molecule has 0 saturated heterocycles. The molecule has 2 unspecified atom stereocenters. The number of aliphatic hydroxyl groups excluding tert-OH is 1. The van der Waals surface area contributed by atoms with Crippen LogP contribution in [0.5, 0.6) is 0 Å². The molecular formula is C12H26O2. The zero-order valence-corrected chi connectivity index (χ0v) is 10.0. The lowest BCUT2D eigenvalue weighted by atomic mass is 9.90. The van der Waals surface area contributed by atoms with Gasteiger partial charge in [0.15, 0.2) is 6.29 Å². The molecular weight excluding hydrogens is 176 g/mol. The topological polar surface area (TPSA) is 40.5 Å². The van der Waals surface area contributed by atoms with Crippen molar-refractivity contribution in [2.45, 2.75) is 59.7 Å². The van der Waals surface area contributed by atoms with Crippen molar-refractivity contribution in [1.29, 1.82) is 0 Å². The molecule has 2 heteroatoms. The molecule has 0 rings (SSSR count). The minimum atomic E-state index is -1.16. The van der Waals surface area contributed by atoms with Crippen LogP contribution in [0.4, 0.5) is 0 Å². The molecule has 0 amide bonds. The van der Waals surface area contributed by atoms with Crippen molar-refractivity contribution >= 4 is 0 Å². The van der Waals surface area contributed by atoms with E-state index in [2.05, 4.69) is 20.8 Å². The first-order valence-corrected chi connectivity index (χ1v) is 5.81. The first kappa shape index (κ1) is 13.9. The molecule has 2 nitrogen and oxygen atoms in total. The summed E-state index contributed by atoms with van der Waals surface area (Å²) in [7, 11) is 0. The SMILES string of the molecule is CC(C)CCCCC(C)C(C)C(O)O. The van der Waals surface area contributed by atoms with Gasteiger partial charge in [0, 0.05) is 5.92 Å². The molecule has 0 aliphatic carbocycles. The molecule has 2 N–H and O–H groups in total. The second-order valence-corrected chi connectivity index (χ2v) is 4.93. The molecule has 86 valence electrons. The van der Waals surface area contributed by atoms with Gasteiger partial charge in [0.25, 0.3) is 0 Å². The van der Waals surface area contributed by atoms with Crippen LogP contribution in [0.25, 0.3) is 0 Å². The summed E-state index contributed by atoms with van der Waals surface area (Å²) in [5.74, 6) is 1.18. The zero-order valence-electron chi connectivity index (χ0n) is 10.0. The molecule has 0 spiro atoms. The van der Waals surface area contributed by atoms with E-state index in [-0.39, 0.29) is 5.92 Å².